The summed E-state index contributed by atoms with van der Waals surface area (Å²) < 4.78 is 0. The van der Waals surface area contributed by atoms with Gasteiger partial charge in [0.25, 0.3) is 0 Å². The fraction of sp³-hybridized carbons (Fsp3) is 0.889. The van der Waals surface area contributed by atoms with Crippen molar-refractivity contribution in [3.05, 3.63) is 20.2 Å². The Balaban J connectivity index is 5.05. The molecule has 0 spiro atoms. The Morgan fingerprint density at radius 1 is 1.18 bits per heavy atom. The number of carbonyl (C=O) groups excluding carboxylic acids is 1. The van der Waals surface area contributed by atoms with E-state index in [4.69, 9.17) is 0 Å². The first-order valence-electron chi connectivity index (χ1n) is 4.96. The molecule has 0 bridgehead atoms. The van der Waals surface area contributed by atoms with E-state index in [1.807, 2.05) is 0 Å². The highest BCUT2D eigenvalue weighted by Gasteiger charge is 2.63. The zero-order valence-electron chi connectivity index (χ0n) is 9.93. The lowest BCUT2D eigenvalue weighted by atomic mass is 9.76. The summed E-state index contributed by atoms with van der Waals surface area (Å²) >= 11 is 2.97. The molecule has 0 aliphatic rings. The number of hydrogen-bond acceptors (Lipinski definition) is 5. The Labute approximate surface area is 107 Å². The summed E-state index contributed by atoms with van der Waals surface area (Å²) in [5.41, 5.74) is -3.50. The number of nitro groups is 2. The van der Waals surface area contributed by atoms with Crippen LogP contribution < -0.4 is 0 Å². The van der Waals surface area contributed by atoms with Crippen LogP contribution in [0.5, 0.6) is 0 Å². The highest BCUT2D eigenvalue weighted by Crippen LogP contribution is 2.38. The summed E-state index contributed by atoms with van der Waals surface area (Å²) in [7, 11) is 0. The van der Waals surface area contributed by atoms with E-state index in [0.29, 0.717) is 0 Å². The maximum atomic E-state index is 11.1. The highest BCUT2D eigenvalue weighted by atomic mass is 79.9. The van der Waals surface area contributed by atoms with Crippen LogP contribution in [-0.4, -0.2) is 26.6 Å². The van der Waals surface area contributed by atoms with E-state index in [2.05, 4.69) is 15.9 Å². The molecule has 0 N–H and O–H groups in total. The van der Waals surface area contributed by atoms with Crippen molar-refractivity contribution < 1.29 is 14.6 Å². The van der Waals surface area contributed by atoms with Gasteiger partial charge in [-0.05, 0) is 20.3 Å². The molecule has 98 valence electrons. The van der Waals surface area contributed by atoms with Gasteiger partial charge in [0.1, 0.15) is 11.2 Å². The predicted octanol–water partition coefficient (Wildman–Crippen LogP) is 2.03. The monoisotopic (exact) mass is 310 g/mol. The average molecular weight is 311 g/mol. The molecule has 0 aromatic heterocycles. The number of hydrogen-bond donors (Lipinski definition) is 0. The molecule has 0 amide bonds. The van der Waals surface area contributed by atoms with E-state index >= 15 is 0 Å². The van der Waals surface area contributed by atoms with Gasteiger partial charge in [-0.15, -0.1) is 0 Å². The first-order valence-corrected chi connectivity index (χ1v) is 6.08. The minimum atomic E-state index is -2.29. The topological polar surface area (TPSA) is 103 Å². The molecular formula is C9H15BrN2O5. The van der Waals surface area contributed by atoms with Crippen molar-refractivity contribution >= 4 is 21.7 Å². The normalized spacial score (nSPS) is 12.2. The maximum Gasteiger partial charge on any atom is 0.460 e. The van der Waals surface area contributed by atoms with E-state index < -0.39 is 20.9 Å². The zero-order chi connectivity index (χ0) is 13.9. The van der Waals surface area contributed by atoms with Crippen molar-refractivity contribution in [3.63, 3.8) is 0 Å². The maximum absolute atomic E-state index is 11.1. The van der Waals surface area contributed by atoms with Gasteiger partial charge in [0, 0.05) is 6.42 Å². The molecule has 0 rings (SSSR count). The second-order valence-electron chi connectivity index (χ2n) is 4.59. The van der Waals surface area contributed by atoms with E-state index in [9.17, 15) is 25.0 Å². The molecular weight excluding hydrogens is 296 g/mol. The number of halogens is 1. The van der Waals surface area contributed by atoms with Crippen molar-refractivity contribution in [1.82, 2.24) is 0 Å². The molecule has 8 heteroatoms. The zero-order valence-corrected chi connectivity index (χ0v) is 11.5. The van der Waals surface area contributed by atoms with Crippen LogP contribution in [0.25, 0.3) is 0 Å². The van der Waals surface area contributed by atoms with Crippen molar-refractivity contribution in [3.8, 4) is 0 Å². The van der Waals surface area contributed by atoms with Crippen LogP contribution in [-0.2, 0) is 4.79 Å². The van der Waals surface area contributed by atoms with Crippen LogP contribution in [0.3, 0.4) is 0 Å². The van der Waals surface area contributed by atoms with Gasteiger partial charge < -0.3 is 0 Å². The van der Waals surface area contributed by atoms with Crippen molar-refractivity contribution in [2.75, 3.05) is 5.33 Å². The molecule has 0 fully saturated rings. The van der Waals surface area contributed by atoms with E-state index in [0.717, 1.165) is 6.92 Å². The third-order valence-electron chi connectivity index (χ3n) is 3.17. The number of carbonyl (C=O) groups is 1. The lowest BCUT2D eigenvalue weighted by molar-refractivity contribution is -0.810. The molecule has 0 radical (unpaired) electrons. The SMILES string of the molecule is CC(C)(CCC(=O)CBr)C(C)([N+](=O)[O-])[N+](=O)[O-]. The van der Waals surface area contributed by atoms with Crippen LogP contribution in [0.15, 0.2) is 0 Å². The summed E-state index contributed by atoms with van der Waals surface area (Å²) in [5, 5.41) is 21.9. The van der Waals surface area contributed by atoms with Crippen LogP contribution in [0, 0.1) is 25.6 Å². The number of rotatable bonds is 7. The molecule has 0 aliphatic carbocycles. The van der Waals surface area contributed by atoms with E-state index in [1.165, 1.54) is 13.8 Å². The number of Topliss-reactive ketones (excluding diaryl/α,β-unsaturated/α-hetero) is 1. The number of ketones is 1. The fourth-order valence-corrected chi connectivity index (χ4v) is 1.60. The smallest absolute Gasteiger partial charge is 0.299 e. The summed E-state index contributed by atoms with van der Waals surface area (Å²) in [4.78, 5) is 31.1. The number of nitrogens with zero attached hydrogens (tertiary/aromatic N) is 2. The van der Waals surface area contributed by atoms with Gasteiger partial charge in [-0.25, -0.2) is 0 Å². The Morgan fingerprint density at radius 3 is 1.88 bits per heavy atom. The molecule has 0 heterocycles. The van der Waals surface area contributed by atoms with Gasteiger partial charge in [-0.2, -0.15) is 0 Å². The number of alkyl halides is 1. The molecule has 0 saturated heterocycles. The van der Waals surface area contributed by atoms with Gasteiger partial charge >= 0.3 is 5.66 Å². The molecule has 0 saturated carbocycles. The largest absolute Gasteiger partial charge is 0.460 e. The van der Waals surface area contributed by atoms with Gasteiger partial charge in [-0.1, -0.05) is 15.9 Å². The minimum absolute atomic E-state index is 0.0789. The van der Waals surface area contributed by atoms with Crippen LogP contribution in [0.1, 0.15) is 33.6 Å². The quantitative estimate of drug-likeness (QED) is 0.310. The summed E-state index contributed by atoms with van der Waals surface area (Å²) in [6, 6.07) is 0. The molecule has 0 aromatic rings. The Bertz CT molecular complexity index is 328. The minimum Gasteiger partial charge on any atom is -0.299 e. The molecule has 0 unspecified atom stereocenters. The van der Waals surface area contributed by atoms with Crippen molar-refractivity contribution in [2.45, 2.75) is 39.3 Å². The standard InChI is InChI=1S/C9H15BrN2O5/c1-8(2,5-4-7(13)6-10)9(3,11(14)15)12(16)17/h4-6H2,1-3H3. The summed E-state index contributed by atoms with van der Waals surface area (Å²) in [6.07, 6.45) is 0.172. The first-order chi connectivity index (χ1) is 7.59. The van der Waals surface area contributed by atoms with E-state index in [-0.39, 0.29) is 24.0 Å². The fourth-order valence-electron chi connectivity index (χ4n) is 1.32. The van der Waals surface area contributed by atoms with Gasteiger partial charge in [-0.3, -0.25) is 25.0 Å². The summed E-state index contributed by atoms with van der Waals surface area (Å²) in [6.45, 7) is 3.84. The van der Waals surface area contributed by atoms with Gasteiger partial charge in [0.15, 0.2) is 0 Å². The lowest BCUT2D eigenvalue weighted by Gasteiger charge is -2.29. The van der Waals surface area contributed by atoms with Crippen molar-refractivity contribution in [2.24, 2.45) is 5.41 Å². The predicted molar refractivity (Wildman–Crippen MR) is 64.2 cm³/mol. The van der Waals surface area contributed by atoms with E-state index in [1.54, 1.807) is 0 Å². The van der Waals surface area contributed by atoms with Crippen LogP contribution in [0.4, 0.5) is 0 Å². The second-order valence-corrected chi connectivity index (χ2v) is 5.15. The Morgan fingerprint density at radius 2 is 1.59 bits per heavy atom. The van der Waals surface area contributed by atoms with Gasteiger partial charge in [0.05, 0.1) is 22.1 Å². The molecule has 0 aromatic carbocycles. The first kappa shape index (κ1) is 16.0. The molecule has 7 nitrogen and oxygen atoms in total. The van der Waals surface area contributed by atoms with Crippen LogP contribution in [0.2, 0.25) is 0 Å². The Kier molecular flexibility index (Phi) is 5.18. The average Bonchev–Trinajstić information content (AvgIpc) is 2.23. The third kappa shape index (κ3) is 3.21. The molecule has 17 heavy (non-hydrogen) atoms. The summed E-state index contributed by atoms with van der Waals surface area (Å²) in [5.74, 6) is -0.132. The molecule has 0 atom stereocenters. The second kappa shape index (κ2) is 5.52. The highest BCUT2D eigenvalue weighted by molar-refractivity contribution is 9.09. The third-order valence-corrected chi connectivity index (χ3v) is 3.80. The van der Waals surface area contributed by atoms with Crippen molar-refractivity contribution in [1.29, 1.82) is 0 Å². The lowest BCUT2D eigenvalue weighted by Crippen LogP contribution is -2.55. The Hall–Kier alpha value is -1.05. The van der Waals surface area contributed by atoms with Crippen LogP contribution >= 0.6 is 15.9 Å². The molecule has 0 aliphatic heterocycles. The van der Waals surface area contributed by atoms with Gasteiger partial charge in [0.2, 0.25) is 0 Å².